The van der Waals surface area contributed by atoms with Crippen molar-refractivity contribution in [2.75, 3.05) is 33.4 Å². The second-order valence-electron chi connectivity index (χ2n) is 6.32. The lowest BCUT2D eigenvalue weighted by molar-refractivity contribution is 0.192. The Hall–Kier alpha value is -1.55. The minimum atomic E-state index is 0.280. The monoisotopic (exact) mass is 317 g/mol. The van der Waals surface area contributed by atoms with Crippen LogP contribution in [0.5, 0.6) is 0 Å². The number of hydrogen-bond donors (Lipinski definition) is 2. The van der Waals surface area contributed by atoms with Crippen molar-refractivity contribution < 1.29 is 4.74 Å². The van der Waals surface area contributed by atoms with Gasteiger partial charge in [0.15, 0.2) is 5.96 Å². The Morgan fingerprint density at radius 1 is 1.13 bits per heavy atom. The third-order valence-corrected chi connectivity index (χ3v) is 4.44. The van der Waals surface area contributed by atoms with Crippen LogP contribution in [0.4, 0.5) is 0 Å². The molecule has 0 bridgehead atoms. The lowest BCUT2D eigenvalue weighted by atomic mass is 9.96. The number of benzene rings is 1. The molecule has 1 aromatic carbocycles. The average molecular weight is 317 g/mol. The highest BCUT2D eigenvalue weighted by Crippen LogP contribution is 2.48. The minimum Gasteiger partial charge on any atom is -0.385 e. The molecular weight excluding hydrogens is 286 g/mol. The van der Waals surface area contributed by atoms with Gasteiger partial charge in [0.25, 0.3) is 0 Å². The van der Waals surface area contributed by atoms with E-state index in [2.05, 4.69) is 47.9 Å². The van der Waals surface area contributed by atoms with Crippen molar-refractivity contribution in [3.63, 3.8) is 0 Å². The van der Waals surface area contributed by atoms with Gasteiger partial charge in [0.1, 0.15) is 0 Å². The maximum absolute atomic E-state index is 5.08. The highest BCUT2D eigenvalue weighted by Gasteiger charge is 2.43. The number of methoxy groups -OCH3 is 1. The highest BCUT2D eigenvalue weighted by molar-refractivity contribution is 5.79. The molecule has 4 nitrogen and oxygen atoms in total. The summed E-state index contributed by atoms with van der Waals surface area (Å²) >= 11 is 0. The second kappa shape index (κ2) is 9.56. The van der Waals surface area contributed by atoms with Crippen molar-refractivity contribution >= 4 is 5.96 Å². The quantitative estimate of drug-likeness (QED) is 0.396. The van der Waals surface area contributed by atoms with Crippen molar-refractivity contribution in [1.29, 1.82) is 0 Å². The molecule has 0 heterocycles. The SMILES string of the molecule is CCNC(=NCC1(c2ccccc2)CC1)NCCCCCOC. The van der Waals surface area contributed by atoms with E-state index in [1.54, 1.807) is 7.11 Å². The van der Waals surface area contributed by atoms with Gasteiger partial charge in [-0.25, -0.2) is 0 Å². The van der Waals surface area contributed by atoms with Crippen LogP contribution in [0, 0.1) is 0 Å². The fourth-order valence-corrected chi connectivity index (χ4v) is 2.81. The van der Waals surface area contributed by atoms with Crippen molar-refractivity contribution in [2.24, 2.45) is 4.99 Å². The summed E-state index contributed by atoms with van der Waals surface area (Å²) in [5, 5.41) is 6.80. The molecule has 4 heteroatoms. The number of unbranched alkanes of at least 4 members (excludes halogenated alkanes) is 2. The van der Waals surface area contributed by atoms with Crippen LogP contribution in [0.15, 0.2) is 35.3 Å². The maximum Gasteiger partial charge on any atom is 0.191 e. The molecule has 2 rings (SSSR count). The normalized spacial score (nSPS) is 16.2. The molecule has 128 valence electrons. The Bertz CT molecular complexity index is 469. The minimum absolute atomic E-state index is 0.280. The fraction of sp³-hybridized carbons (Fsp3) is 0.632. The molecule has 1 aromatic rings. The third kappa shape index (κ3) is 5.87. The number of nitrogens with zero attached hydrogens (tertiary/aromatic N) is 1. The molecule has 0 atom stereocenters. The predicted octanol–water partition coefficient (Wildman–Crippen LogP) is 3.09. The Balaban J connectivity index is 1.79. The molecule has 1 saturated carbocycles. The van der Waals surface area contributed by atoms with Gasteiger partial charge in [0.2, 0.25) is 0 Å². The summed E-state index contributed by atoms with van der Waals surface area (Å²) in [7, 11) is 1.76. The zero-order valence-corrected chi connectivity index (χ0v) is 14.6. The van der Waals surface area contributed by atoms with Gasteiger partial charge >= 0.3 is 0 Å². The number of aliphatic imine (C=N–C) groups is 1. The van der Waals surface area contributed by atoms with E-state index in [0.29, 0.717) is 0 Å². The summed E-state index contributed by atoms with van der Waals surface area (Å²) in [6.45, 7) is 5.70. The molecule has 1 fully saturated rings. The molecule has 0 aromatic heterocycles. The van der Waals surface area contributed by atoms with Gasteiger partial charge in [0.05, 0.1) is 6.54 Å². The van der Waals surface area contributed by atoms with Crippen LogP contribution in [-0.4, -0.2) is 39.3 Å². The van der Waals surface area contributed by atoms with Crippen LogP contribution in [0.3, 0.4) is 0 Å². The van der Waals surface area contributed by atoms with Crippen molar-refractivity contribution in [2.45, 2.75) is 44.4 Å². The number of guanidine groups is 1. The summed E-state index contributed by atoms with van der Waals surface area (Å²) in [5.41, 5.74) is 1.71. The maximum atomic E-state index is 5.08. The first-order valence-corrected chi connectivity index (χ1v) is 8.87. The van der Waals surface area contributed by atoms with E-state index < -0.39 is 0 Å². The molecular formula is C19H31N3O. The van der Waals surface area contributed by atoms with Crippen LogP contribution in [0.2, 0.25) is 0 Å². The molecule has 1 aliphatic carbocycles. The molecule has 0 radical (unpaired) electrons. The number of hydrogen-bond acceptors (Lipinski definition) is 2. The van der Waals surface area contributed by atoms with Crippen molar-refractivity contribution in [3.05, 3.63) is 35.9 Å². The Morgan fingerprint density at radius 3 is 2.57 bits per heavy atom. The summed E-state index contributed by atoms with van der Waals surface area (Å²) < 4.78 is 5.08. The summed E-state index contributed by atoms with van der Waals surface area (Å²) in [4.78, 5) is 4.83. The standard InChI is InChI=1S/C19H31N3O/c1-3-20-18(21-14-8-5-9-15-23-2)22-16-19(12-13-19)17-10-6-4-7-11-17/h4,6-7,10-11H,3,5,8-9,12-16H2,1-2H3,(H2,20,21,22). The van der Waals surface area contributed by atoms with Crippen LogP contribution in [0.1, 0.15) is 44.6 Å². The smallest absolute Gasteiger partial charge is 0.191 e. The molecule has 0 saturated heterocycles. The number of nitrogens with one attached hydrogen (secondary N) is 2. The van der Waals surface area contributed by atoms with E-state index in [0.717, 1.165) is 45.0 Å². The molecule has 0 spiro atoms. The van der Waals surface area contributed by atoms with Crippen LogP contribution in [0.25, 0.3) is 0 Å². The van der Waals surface area contributed by atoms with E-state index in [9.17, 15) is 0 Å². The molecule has 0 amide bonds. The van der Waals surface area contributed by atoms with Gasteiger partial charge in [0, 0.05) is 32.2 Å². The lowest BCUT2D eigenvalue weighted by Gasteiger charge is -2.16. The largest absolute Gasteiger partial charge is 0.385 e. The van der Waals surface area contributed by atoms with E-state index in [1.165, 1.54) is 24.8 Å². The van der Waals surface area contributed by atoms with Crippen molar-refractivity contribution in [3.8, 4) is 0 Å². The van der Waals surface area contributed by atoms with Crippen molar-refractivity contribution in [1.82, 2.24) is 10.6 Å². The molecule has 1 aliphatic rings. The molecule has 23 heavy (non-hydrogen) atoms. The van der Waals surface area contributed by atoms with Gasteiger partial charge < -0.3 is 15.4 Å². The third-order valence-electron chi connectivity index (χ3n) is 4.44. The Morgan fingerprint density at radius 2 is 1.91 bits per heavy atom. The number of rotatable bonds is 10. The van der Waals surface area contributed by atoms with Crippen LogP contribution >= 0.6 is 0 Å². The van der Waals surface area contributed by atoms with E-state index in [1.807, 2.05) is 0 Å². The Kier molecular flexibility index (Phi) is 7.40. The topological polar surface area (TPSA) is 45.7 Å². The van der Waals surface area contributed by atoms with E-state index in [-0.39, 0.29) is 5.41 Å². The van der Waals surface area contributed by atoms with Gasteiger partial charge in [-0.2, -0.15) is 0 Å². The average Bonchev–Trinajstić information content (AvgIpc) is 3.38. The van der Waals surface area contributed by atoms with Gasteiger partial charge in [-0.1, -0.05) is 30.3 Å². The highest BCUT2D eigenvalue weighted by atomic mass is 16.5. The lowest BCUT2D eigenvalue weighted by Crippen LogP contribution is -2.38. The molecule has 0 aliphatic heterocycles. The zero-order valence-electron chi connectivity index (χ0n) is 14.6. The summed E-state index contributed by atoms with van der Waals surface area (Å²) in [6.07, 6.45) is 5.96. The molecule has 0 unspecified atom stereocenters. The first-order valence-electron chi connectivity index (χ1n) is 8.87. The first kappa shape index (κ1) is 17.8. The van der Waals surface area contributed by atoms with E-state index in [4.69, 9.17) is 9.73 Å². The van der Waals surface area contributed by atoms with E-state index >= 15 is 0 Å². The van der Waals surface area contributed by atoms with Gasteiger partial charge in [-0.05, 0) is 44.6 Å². The van der Waals surface area contributed by atoms with Gasteiger partial charge in [-0.3, -0.25) is 4.99 Å². The summed E-state index contributed by atoms with van der Waals surface area (Å²) in [6, 6.07) is 10.8. The molecule has 2 N–H and O–H groups in total. The zero-order chi connectivity index (χ0) is 16.4. The van der Waals surface area contributed by atoms with Crippen LogP contribution in [-0.2, 0) is 10.2 Å². The first-order chi connectivity index (χ1) is 11.3. The number of ether oxygens (including phenoxy) is 1. The second-order valence-corrected chi connectivity index (χ2v) is 6.32. The van der Waals surface area contributed by atoms with Gasteiger partial charge in [-0.15, -0.1) is 0 Å². The Labute approximate surface area is 140 Å². The fourth-order valence-electron chi connectivity index (χ4n) is 2.81. The summed E-state index contributed by atoms with van der Waals surface area (Å²) in [5.74, 6) is 0.946. The van der Waals surface area contributed by atoms with Crippen LogP contribution < -0.4 is 10.6 Å². The predicted molar refractivity (Wildman–Crippen MR) is 97.1 cm³/mol.